The van der Waals surface area contributed by atoms with Gasteiger partial charge in [-0.05, 0) is 103 Å². The smallest absolute Gasteiger partial charge is 0.306 e. The van der Waals surface area contributed by atoms with Gasteiger partial charge in [0.25, 0.3) is 0 Å². The number of nitrogens with zero attached hydrogens (tertiary/aromatic N) is 1. The second-order valence-electron chi connectivity index (χ2n) is 19.1. The highest BCUT2D eigenvalue weighted by molar-refractivity contribution is 5.70. The van der Waals surface area contributed by atoms with Crippen molar-refractivity contribution in [2.75, 3.05) is 47.5 Å². The summed E-state index contributed by atoms with van der Waals surface area (Å²) in [4.78, 5) is 37.2. The molecule has 0 aromatic carbocycles. The number of carbonyl (C=O) groups is 3. The predicted octanol–water partition coefficient (Wildman–Crippen LogP) is 14.6. The zero-order chi connectivity index (χ0) is 51.3. The summed E-state index contributed by atoms with van der Waals surface area (Å²) < 4.78 is 22.6. The van der Waals surface area contributed by atoms with Crippen LogP contribution in [0, 0.1) is 0 Å². The van der Waals surface area contributed by atoms with Crippen molar-refractivity contribution < 1.29 is 42.9 Å². The summed E-state index contributed by atoms with van der Waals surface area (Å²) in [5, 5.41) is 11.7. The zero-order valence-electron chi connectivity index (χ0n) is 45.1. The molecule has 0 amide bonds. The van der Waals surface area contributed by atoms with Gasteiger partial charge in [-0.15, -0.1) is 0 Å². The normalized spacial score (nSPS) is 13.7. The van der Waals surface area contributed by atoms with Gasteiger partial charge in [0.05, 0.1) is 40.3 Å². The molecule has 0 saturated heterocycles. The molecule has 398 valence electrons. The molecule has 2 atom stereocenters. The molecule has 2 unspecified atom stereocenters. The van der Waals surface area contributed by atoms with Gasteiger partial charge in [-0.25, -0.2) is 0 Å². The summed E-state index contributed by atoms with van der Waals surface area (Å²) in [6.07, 6.45) is 67.0. The topological polar surface area (TPSA) is 111 Å². The van der Waals surface area contributed by atoms with Gasteiger partial charge in [0.15, 0.2) is 12.4 Å². The van der Waals surface area contributed by atoms with Gasteiger partial charge in [0, 0.05) is 12.8 Å². The molecule has 0 aliphatic carbocycles. The minimum Gasteiger partial charge on any atom is -0.545 e. The minimum absolute atomic E-state index is 0.138. The van der Waals surface area contributed by atoms with Crippen molar-refractivity contribution in [3.8, 4) is 0 Å². The molecule has 9 nitrogen and oxygen atoms in total. The maximum absolute atomic E-state index is 12.8. The number of unbranched alkanes of at least 4 members (excludes halogenated alkanes) is 16. The Balaban J connectivity index is 4.32. The number of likely N-dealkylation sites (N-methyl/N-ethyl adjacent to an activating group) is 1. The number of hydrogen-bond acceptors (Lipinski definition) is 8. The van der Waals surface area contributed by atoms with Crippen LogP contribution in [-0.4, -0.2) is 82.3 Å². The highest BCUT2D eigenvalue weighted by atomic mass is 16.7. The first-order valence-corrected chi connectivity index (χ1v) is 27.5. The molecular formula is C61H101NO8. The SMILES string of the molecule is CC/C=C\C/C=C\C/C=C\C/C=C\C/C=C\C/C=C\C/C=C\C/C=C\CCCCCCCCC(=O)OC(COC(=O)CCCCCCC/C=C\CCCCCCC)COC(OCC[N+](C)(C)C)C(=O)[O-]. The lowest BCUT2D eigenvalue weighted by molar-refractivity contribution is -0.870. The number of rotatable bonds is 49. The second kappa shape index (κ2) is 51.3. The zero-order valence-corrected chi connectivity index (χ0v) is 45.1. The third-order valence-electron chi connectivity index (χ3n) is 11.3. The number of ether oxygens (including phenoxy) is 4. The Kier molecular flexibility index (Phi) is 48.3. The van der Waals surface area contributed by atoms with Crippen LogP contribution in [0.1, 0.15) is 200 Å². The summed E-state index contributed by atoms with van der Waals surface area (Å²) in [7, 11) is 5.90. The summed E-state index contributed by atoms with van der Waals surface area (Å²) >= 11 is 0. The lowest BCUT2D eigenvalue weighted by Crippen LogP contribution is -2.44. The molecule has 9 heteroatoms. The Hall–Kier alpha value is -4.05. The first kappa shape index (κ1) is 66.0. The van der Waals surface area contributed by atoms with Gasteiger partial charge >= 0.3 is 11.9 Å². The van der Waals surface area contributed by atoms with E-state index in [0.29, 0.717) is 17.4 Å². The van der Waals surface area contributed by atoms with Gasteiger partial charge in [0.2, 0.25) is 0 Å². The van der Waals surface area contributed by atoms with Crippen molar-refractivity contribution in [2.45, 2.75) is 212 Å². The van der Waals surface area contributed by atoms with E-state index >= 15 is 0 Å². The molecule has 0 aromatic rings. The fourth-order valence-corrected chi connectivity index (χ4v) is 7.02. The Bertz CT molecular complexity index is 1510. The number of carboxylic acids is 1. The van der Waals surface area contributed by atoms with E-state index in [2.05, 4.69) is 123 Å². The van der Waals surface area contributed by atoms with E-state index in [1.165, 1.54) is 38.5 Å². The van der Waals surface area contributed by atoms with Gasteiger partial charge in [0.1, 0.15) is 13.2 Å². The standard InChI is InChI=1S/C61H101NO8/c1-6-8-10-12-14-16-18-20-22-23-24-25-26-27-28-29-30-31-32-33-34-35-36-37-38-40-42-44-46-48-50-52-59(64)70-57(56-69-61(60(65)66)67-54-53-62(3,4)5)55-68-58(63)51-49-47-45-43-41-39-21-19-17-15-13-11-9-7-2/h8,10,14,16,19-22,24-25,27-28,30-31,33-34,36-37,57,61H,6-7,9,11-13,15,17-18,23,26,29,32,35,38-56H2,1-5H3/b10-8-,16-14-,21-19-,22-20-,25-24-,28-27-,31-30-,34-33-,37-36-. The van der Waals surface area contributed by atoms with Crippen molar-refractivity contribution in [1.29, 1.82) is 0 Å². The van der Waals surface area contributed by atoms with E-state index in [-0.39, 0.29) is 38.6 Å². The Labute approximate surface area is 428 Å². The van der Waals surface area contributed by atoms with Crippen molar-refractivity contribution in [3.05, 3.63) is 109 Å². The maximum Gasteiger partial charge on any atom is 0.306 e. The van der Waals surface area contributed by atoms with Gasteiger partial charge < -0.3 is 33.3 Å². The van der Waals surface area contributed by atoms with Crippen LogP contribution in [0.5, 0.6) is 0 Å². The summed E-state index contributed by atoms with van der Waals surface area (Å²) in [6.45, 7) is 4.57. The van der Waals surface area contributed by atoms with E-state index in [0.717, 1.165) is 128 Å². The van der Waals surface area contributed by atoms with E-state index < -0.39 is 24.3 Å². The molecule has 0 aromatic heterocycles. The lowest BCUT2D eigenvalue weighted by Gasteiger charge is -2.26. The van der Waals surface area contributed by atoms with E-state index in [4.69, 9.17) is 18.9 Å². The monoisotopic (exact) mass is 976 g/mol. The highest BCUT2D eigenvalue weighted by Gasteiger charge is 2.22. The molecule has 0 N–H and O–H groups in total. The number of carbonyl (C=O) groups excluding carboxylic acids is 3. The van der Waals surface area contributed by atoms with Crippen molar-refractivity contribution in [2.24, 2.45) is 0 Å². The van der Waals surface area contributed by atoms with Crippen LogP contribution in [0.2, 0.25) is 0 Å². The summed E-state index contributed by atoms with van der Waals surface area (Å²) in [5.74, 6) is -2.33. The van der Waals surface area contributed by atoms with Crippen LogP contribution >= 0.6 is 0 Å². The van der Waals surface area contributed by atoms with E-state index in [1.54, 1.807) is 0 Å². The molecule has 0 heterocycles. The van der Waals surface area contributed by atoms with E-state index in [9.17, 15) is 19.5 Å². The molecule has 0 radical (unpaired) electrons. The average Bonchev–Trinajstić information content (AvgIpc) is 3.33. The molecule has 0 fully saturated rings. The third kappa shape index (κ3) is 51.8. The average molecular weight is 976 g/mol. The van der Waals surface area contributed by atoms with Gasteiger partial charge in [-0.3, -0.25) is 9.59 Å². The maximum atomic E-state index is 12.8. The first-order valence-electron chi connectivity index (χ1n) is 27.5. The lowest BCUT2D eigenvalue weighted by atomic mass is 10.1. The van der Waals surface area contributed by atoms with Crippen molar-refractivity contribution >= 4 is 17.9 Å². The second-order valence-corrected chi connectivity index (χ2v) is 19.1. The van der Waals surface area contributed by atoms with Crippen molar-refractivity contribution in [1.82, 2.24) is 0 Å². The van der Waals surface area contributed by atoms with Crippen molar-refractivity contribution in [3.63, 3.8) is 0 Å². The molecule has 0 saturated carbocycles. The Morgan fingerprint density at radius 2 is 0.814 bits per heavy atom. The summed E-state index contributed by atoms with van der Waals surface area (Å²) in [6, 6.07) is 0. The molecule has 0 aliphatic heterocycles. The Morgan fingerprint density at radius 3 is 1.23 bits per heavy atom. The van der Waals surface area contributed by atoms with Crippen LogP contribution in [0.25, 0.3) is 0 Å². The summed E-state index contributed by atoms with van der Waals surface area (Å²) in [5.41, 5.74) is 0. The van der Waals surface area contributed by atoms with Crippen LogP contribution in [-0.2, 0) is 33.3 Å². The van der Waals surface area contributed by atoms with Crippen LogP contribution in [0.15, 0.2) is 109 Å². The largest absolute Gasteiger partial charge is 0.545 e. The molecule has 0 spiro atoms. The fourth-order valence-electron chi connectivity index (χ4n) is 7.02. The molecular weight excluding hydrogens is 875 g/mol. The van der Waals surface area contributed by atoms with Gasteiger partial charge in [-0.2, -0.15) is 0 Å². The number of esters is 2. The highest BCUT2D eigenvalue weighted by Crippen LogP contribution is 2.13. The van der Waals surface area contributed by atoms with Gasteiger partial charge in [-0.1, -0.05) is 194 Å². The fraction of sp³-hybridized carbons (Fsp3) is 0.656. The minimum atomic E-state index is -1.63. The van der Waals surface area contributed by atoms with Crippen LogP contribution in [0.4, 0.5) is 0 Å². The van der Waals surface area contributed by atoms with E-state index in [1.807, 2.05) is 21.1 Å². The number of hydrogen-bond donors (Lipinski definition) is 0. The quantitative estimate of drug-likeness (QED) is 0.0195. The number of quaternary nitrogens is 1. The van der Waals surface area contributed by atoms with Crippen LogP contribution < -0.4 is 5.11 Å². The number of carboxylic acid groups (broad SMARTS) is 1. The molecule has 0 aliphatic rings. The van der Waals surface area contributed by atoms with Crippen LogP contribution in [0.3, 0.4) is 0 Å². The first-order chi connectivity index (χ1) is 34.1. The third-order valence-corrected chi connectivity index (χ3v) is 11.3. The predicted molar refractivity (Wildman–Crippen MR) is 292 cm³/mol. The number of allylic oxidation sites excluding steroid dienone is 18. The molecule has 70 heavy (non-hydrogen) atoms. The molecule has 0 rings (SSSR count). The number of aliphatic carboxylic acids is 1. The molecule has 0 bridgehead atoms. The Morgan fingerprint density at radius 1 is 0.443 bits per heavy atom.